The zero-order chi connectivity index (χ0) is 14.2. The minimum atomic E-state index is -0.200. The van der Waals surface area contributed by atoms with Crippen molar-refractivity contribution >= 4 is 22.4 Å². The summed E-state index contributed by atoms with van der Waals surface area (Å²) in [6.45, 7) is 2.86. The molecule has 0 bridgehead atoms. The van der Waals surface area contributed by atoms with Crippen LogP contribution in [0.25, 0.3) is 10.8 Å². The van der Waals surface area contributed by atoms with E-state index in [0.717, 1.165) is 35.7 Å². The molecule has 0 amide bonds. The van der Waals surface area contributed by atoms with Crippen LogP contribution in [0.5, 0.6) is 0 Å². The third kappa shape index (κ3) is 3.98. The minimum Gasteiger partial charge on any atom is -0.464 e. The maximum absolute atomic E-state index is 11.6. The molecule has 2 aromatic rings. The van der Waals surface area contributed by atoms with Gasteiger partial charge in [0.25, 0.3) is 0 Å². The van der Waals surface area contributed by atoms with Crippen LogP contribution in [0.2, 0.25) is 0 Å². The molecule has 0 spiro atoms. The molecule has 106 valence electrons. The molecule has 0 atom stereocenters. The molecule has 0 aliphatic heterocycles. The Morgan fingerprint density at radius 2 is 1.90 bits per heavy atom. The van der Waals surface area contributed by atoms with Crippen molar-refractivity contribution in [2.24, 2.45) is 0 Å². The highest BCUT2D eigenvalue weighted by atomic mass is 16.5. The van der Waals surface area contributed by atoms with E-state index >= 15 is 0 Å². The summed E-state index contributed by atoms with van der Waals surface area (Å²) in [5, 5.41) is 5.43. The first kappa shape index (κ1) is 14.4. The molecule has 3 nitrogen and oxygen atoms in total. The number of benzene rings is 2. The van der Waals surface area contributed by atoms with Crippen molar-refractivity contribution in [2.45, 2.75) is 26.2 Å². The molecule has 0 aliphatic carbocycles. The summed E-state index contributed by atoms with van der Waals surface area (Å²) in [6, 6.07) is 14.1. The lowest BCUT2D eigenvalue weighted by Crippen LogP contribution is -2.17. The molecule has 0 aromatic heterocycles. The van der Waals surface area contributed by atoms with Crippen LogP contribution in [0.4, 0.5) is 5.69 Å². The molecule has 3 heteroatoms. The number of carbonyl (C=O) groups excluding carboxylic acids is 1. The van der Waals surface area contributed by atoms with Crippen LogP contribution in [0.1, 0.15) is 26.2 Å². The number of nitrogens with one attached hydrogen (secondary N) is 1. The standard InChI is InChI=1S/C17H21NO2/c1-2-3-6-12-20-17(19)13-18-16-11-7-9-14-8-4-5-10-15(14)16/h4-5,7-11,18H,2-3,6,12-13H2,1H3. The van der Waals surface area contributed by atoms with Gasteiger partial charge in [0.2, 0.25) is 0 Å². The van der Waals surface area contributed by atoms with Crippen molar-refractivity contribution in [1.82, 2.24) is 0 Å². The van der Waals surface area contributed by atoms with E-state index in [2.05, 4.69) is 24.4 Å². The number of carbonyl (C=O) groups is 1. The second-order valence-corrected chi connectivity index (χ2v) is 4.81. The van der Waals surface area contributed by atoms with E-state index in [-0.39, 0.29) is 12.5 Å². The highest BCUT2D eigenvalue weighted by Gasteiger charge is 2.04. The number of anilines is 1. The molecule has 0 saturated heterocycles. The fourth-order valence-corrected chi connectivity index (χ4v) is 2.14. The van der Waals surface area contributed by atoms with E-state index < -0.39 is 0 Å². The molecular formula is C17H21NO2. The number of unbranched alkanes of at least 4 members (excludes halogenated alkanes) is 2. The van der Waals surface area contributed by atoms with E-state index in [1.165, 1.54) is 0 Å². The number of ether oxygens (including phenoxy) is 1. The van der Waals surface area contributed by atoms with Gasteiger partial charge in [0, 0.05) is 11.1 Å². The van der Waals surface area contributed by atoms with Gasteiger partial charge in [0.05, 0.1) is 6.61 Å². The maximum Gasteiger partial charge on any atom is 0.325 e. The third-order valence-corrected chi connectivity index (χ3v) is 3.22. The Morgan fingerprint density at radius 3 is 2.75 bits per heavy atom. The molecule has 0 fully saturated rings. The second kappa shape index (κ2) is 7.53. The van der Waals surface area contributed by atoms with Crippen molar-refractivity contribution in [1.29, 1.82) is 0 Å². The monoisotopic (exact) mass is 271 g/mol. The lowest BCUT2D eigenvalue weighted by molar-refractivity contribution is -0.141. The lowest BCUT2D eigenvalue weighted by Gasteiger charge is -2.09. The van der Waals surface area contributed by atoms with Crippen molar-refractivity contribution in [3.8, 4) is 0 Å². The molecule has 0 aliphatic rings. The molecule has 20 heavy (non-hydrogen) atoms. The first-order valence-corrected chi connectivity index (χ1v) is 7.18. The molecular weight excluding hydrogens is 250 g/mol. The number of rotatable bonds is 7. The van der Waals surface area contributed by atoms with E-state index in [4.69, 9.17) is 4.74 Å². The van der Waals surface area contributed by atoms with E-state index in [9.17, 15) is 4.79 Å². The highest BCUT2D eigenvalue weighted by molar-refractivity contribution is 5.94. The second-order valence-electron chi connectivity index (χ2n) is 4.81. The largest absolute Gasteiger partial charge is 0.464 e. The van der Waals surface area contributed by atoms with Crippen molar-refractivity contribution in [3.05, 3.63) is 42.5 Å². The van der Waals surface area contributed by atoms with Crippen molar-refractivity contribution in [2.75, 3.05) is 18.5 Å². The molecule has 2 aromatic carbocycles. The summed E-state index contributed by atoms with van der Waals surface area (Å²) in [5.74, 6) is -0.200. The smallest absolute Gasteiger partial charge is 0.325 e. The van der Waals surface area contributed by atoms with Gasteiger partial charge >= 0.3 is 5.97 Å². The van der Waals surface area contributed by atoms with Crippen LogP contribution >= 0.6 is 0 Å². The summed E-state index contributed by atoms with van der Waals surface area (Å²) in [5.41, 5.74) is 0.966. The fourth-order valence-electron chi connectivity index (χ4n) is 2.14. The zero-order valence-corrected chi connectivity index (χ0v) is 11.9. The van der Waals surface area contributed by atoms with Gasteiger partial charge in [-0.05, 0) is 17.9 Å². The van der Waals surface area contributed by atoms with E-state index in [1.54, 1.807) is 0 Å². The van der Waals surface area contributed by atoms with Crippen LogP contribution in [0.15, 0.2) is 42.5 Å². The lowest BCUT2D eigenvalue weighted by atomic mass is 10.1. The van der Waals surface area contributed by atoms with Gasteiger partial charge in [-0.1, -0.05) is 56.2 Å². The fraction of sp³-hybridized carbons (Fsp3) is 0.353. The van der Waals surface area contributed by atoms with Gasteiger partial charge < -0.3 is 10.1 Å². The third-order valence-electron chi connectivity index (χ3n) is 3.22. The van der Waals surface area contributed by atoms with Crippen LogP contribution in [-0.4, -0.2) is 19.1 Å². The summed E-state index contributed by atoms with van der Waals surface area (Å²) in [7, 11) is 0. The Bertz CT molecular complexity index is 560. The summed E-state index contributed by atoms with van der Waals surface area (Å²) in [6.07, 6.45) is 3.17. The van der Waals surface area contributed by atoms with Crippen LogP contribution < -0.4 is 5.32 Å². The number of hydrogen-bond donors (Lipinski definition) is 1. The quantitative estimate of drug-likeness (QED) is 0.611. The number of hydrogen-bond acceptors (Lipinski definition) is 3. The van der Waals surface area contributed by atoms with Gasteiger partial charge in [0.1, 0.15) is 6.54 Å². The summed E-state index contributed by atoms with van der Waals surface area (Å²) >= 11 is 0. The number of fused-ring (bicyclic) bond motifs is 1. The summed E-state index contributed by atoms with van der Waals surface area (Å²) < 4.78 is 5.18. The zero-order valence-electron chi connectivity index (χ0n) is 11.9. The first-order chi connectivity index (χ1) is 9.81. The van der Waals surface area contributed by atoms with Crippen LogP contribution in [0, 0.1) is 0 Å². The average Bonchev–Trinajstić information content (AvgIpc) is 2.49. The number of esters is 1. The van der Waals surface area contributed by atoms with Gasteiger partial charge in [-0.25, -0.2) is 0 Å². The van der Waals surface area contributed by atoms with Crippen LogP contribution in [0.3, 0.4) is 0 Å². The van der Waals surface area contributed by atoms with Crippen molar-refractivity contribution in [3.63, 3.8) is 0 Å². The molecule has 1 N–H and O–H groups in total. The Balaban J connectivity index is 1.88. The van der Waals surface area contributed by atoms with E-state index in [0.29, 0.717) is 6.61 Å². The SMILES string of the molecule is CCCCCOC(=O)CNc1cccc2ccccc12. The van der Waals surface area contributed by atoms with Crippen LogP contribution in [-0.2, 0) is 9.53 Å². The highest BCUT2D eigenvalue weighted by Crippen LogP contribution is 2.22. The van der Waals surface area contributed by atoms with Gasteiger partial charge in [0.15, 0.2) is 0 Å². The Kier molecular flexibility index (Phi) is 5.42. The molecule has 0 saturated carbocycles. The predicted octanol–water partition coefficient (Wildman–Crippen LogP) is 3.99. The minimum absolute atomic E-state index is 0.200. The molecule has 0 unspecified atom stereocenters. The Morgan fingerprint density at radius 1 is 1.10 bits per heavy atom. The molecule has 0 heterocycles. The molecule has 2 rings (SSSR count). The predicted molar refractivity (Wildman–Crippen MR) is 82.9 cm³/mol. The van der Waals surface area contributed by atoms with Gasteiger partial charge in [-0.15, -0.1) is 0 Å². The maximum atomic E-state index is 11.6. The average molecular weight is 271 g/mol. The van der Waals surface area contributed by atoms with Gasteiger partial charge in [-0.3, -0.25) is 4.79 Å². The van der Waals surface area contributed by atoms with E-state index in [1.807, 2.05) is 30.3 Å². The Labute approximate surface area is 119 Å². The Hall–Kier alpha value is -2.03. The summed E-state index contributed by atoms with van der Waals surface area (Å²) in [4.78, 5) is 11.6. The topological polar surface area (TPSA) is 38.3 Å². The molecule has 0 radical (unpaired) electrons. The normalized spacial score (nSPS) is 10.4. The first-order valence-electron chi connectivity index (χ1n) is 7.18. The van der Waals surface area contributed by atoms with Crippen molar-refractivity contribution < 1.29 is 9.53 Å². The van der Waals surface area contributed by atoms with Gasteiger partial charge in [-0.2, -0.15) is 0 Å².